The van der Waals surface area contributed by atoms with Crippen LogP contribution in [0.4, 0.5) is 0 Å². The third kappa shape index (κ3) is 3.93. The van der Waals surface area contributed by atoms with Gasteiger partial charge in [0, 0.05) is 0 Å². The lowest BCUT2D eigenvalue weighted by Crippen LogP contribution is -1.96. The van der Waals surface area contributed by atoms with Gasteiger partial charge < -0.3 is 9.05 Å². The molecule has 0 aromatic carbocycles. The Morgan fingerprint density at radius 3 is 2.42 bits per heavy atom. The highest BCUT2D eigenvalue weighted by molar-refractivity contribution is 7.53. The number of hydrogen-bond donors (Lipinski definition) is 0. The molecule has 0 bridgehead atoms. The first-order chi connectivity index (χ1) is 5.58. The molecule has 1 unspecified atom stereocenters. The van der Waals surface area contributed by atoms with Crippen LogP contribution >= 0.6 is 7.60 Å². The lowest BCUT2D eigenvalue weighted by molar-refractivity contribution is 0.251. The largest absolute Gasteiger partial charge is 0.430 e. The molecule has 0 aliphatic rings. The Balaban J connectivity index is 4.24. The van der Waals surface area contributed by atoms with Gasteiger partial charge in [-0.3, -0.25) is 0 Å². The van der Waals surface area contributed by atoms with Crippen molar-refractivity contribution in [2.24, 2.45) is 0 Å². The molecular formula is C8H17O3P. The van der Waals surface area contributed by atoms with Crippen LogP contribution in [0.25, 0.3) is 0 Å². The average molecular weight is 192 g/mol. The zero-order chi connectivity index (χ0) is 9.61. The maximum atomic E-state index is 11.7. The van der Waals surface area contributed by atoms with Gasteiger partial charge in [-0.15, -0.1) is 0 Å². The fourth-order valence-electron chi connectivity index (χ4n) is 0.651. The van der Waals surface area contributed by atoms with E-state index in [-0.39, 0.29) is 0 Å². The fraction of sp³-hybridized carbons (Fsp3) is 0.750. The highest BCUT2D eigenvalue weighted by Crippen LogP contribution is 2.49. The lowest BCUT2D eigenvalue weighted by atomic mass is 10.5. The Morgan fingerprint density at radius 1 is 1.50 bits per heavy atom. The van der Waals surface area contributed by atoms with Gasteiger partial charge in [0.2, 0.25) is 0 Å². The van der Waals surface area contributed by atoms with Crippen molar-refractivity contribution in [3.63, 3.8) is 0 Å². The summed E-state index contributed by atoms with van der Waals surface area (Å²) in [5.41, 5.74) is 0. The minimum Gasteiger partial charge on any atom is -0.430 e. The number of allylic oxidation sites excluding steroid dienone is 2. The molecule has 0 amide bonds. The van der Waals surface area contributed by atoms with Crippen molar-refractivity contribution in [1.82, 2.24) is 0 Å². The summed E-state index contributed by atoms with van der Waals surface area (Å²) in [5, 5.41) is 0. The summed E-state index contributed by atoms with van der Waals surface area (Å²) in [5.74, 6) is 0.647. The minimum absolute atomic E-state index is 0.409. The van der Waals surface area contributed by atoms with Gasteiger partial charge in [0.15, 0.2) is 0 Å². The second-order valence-corrected chi connectivity index (χ2v) is 4.63. The molecule has 0 fully saturated rings. The summed E-state index contributed by atoms with van der Waals surface area (Å²) in [4.78, 5) is 0. The molecule has 0 rings (SSSR count). The third-order valence-corrected chi connectivity index (χ3v) is 3.40. The maximum absolute atomic E-state index is 11.7. The molecule has 4 heteroatoms. The molecule has 0 N–H and O–H groups in total. The van der Waals surface area contributed by atoms with Gasteiger partial charge in [0.05, 0.1) is 18.5 Å². The van der Waals surface area contributed by atoms with Gasteiger partial charge in [-0.1, -0.05) is 6.92 Å². The molecule has 0 saturated heterocycles. The summed E-state index contributed by atoms with van der Waals surface area (Å²) in [6, 6.07) is 0. The van der Waals surface area contributed by atoms with Gasteiger partial charge >= 0.3 is 7.60 Å². The van der Waals surface area contributed by atoms with Crippen molar-refractivity contribution in [3.8, 4) is 0 Å². The quantitative estimate of drug-likeness (QED) is 0.495. The van der Waals surface area contributed by atoms with E-state index in [2.05, 4.69) is 0 Å². The average Bonchev–Trinajstić information content (AvgIpc) is 2.05. The van der Waals surface area contributed by atoms with Crippen LogP contribution in [0.2, 0.25) is 0 Å². The van der Waals surface area contributed by atoms with Gasteiger partial charge in [-0.25, -0.2) is 4.57 Å². The van der Waals surface area contributed by atoms with Gasteiger partial charge in [-0.05, 0) is 26.8 Å². The van der Waals surface area contributed by atoms with E-state index in [1.165, 1.54) is 0 Å². The first-order valence-electron chi connectivity index (χ1n) is 4.14. The molecular weight excluding hydrogens is 175 g/mol. The Hall–Kier alpha value is -0.270. The lowest BCUT2D eigenvalue weighted by Gasteiger charge is -2.16. The highest BCUT2D eigenvalue weighted by atomic mass is 31.2. The summed E-state index contributed by atoms with van der Waals surface area (Å²) < 4.78 is 21.9. The van der Waals surface area contributed by atoms with E-state index in [0.717, 1.165) is 0 Å². The molecule has 1 atom stereocenters. The van der Waals surface area contributed by atoms with Crippen LogP contribution in [-0.2, 0) is 13.6 Å². The summed E-state index contributed by atoms with van der Waals surface area (Å²) in [7, 11) is -2.84. The summed E-state index contributed by atoms with van der Waals surface area (Å²) >= 11 is 0. The first kappa shape index (κ1) is 11.7. The molecule has 3 nitrogen and oxygen atoms in total. The predicted octanol–water partition coefficient (Wildman–Crippen LogP) is 3.18. The van der Waals surface area contributed by atoms with Crippen LogP contribution in [0.3, 0.4) is 0 Å². The standard InChI is InChI=1S/C8H17O3P/c1-5-8(4)11-12(9,7-3)10-6-2/h5H,6-7H2,1-4H3. The van der Waals surface area contributed by atoms with Crippen LogP contribution in [-0.4, -0.2) is 12.8 Å². The Kier molecular flexibility index (Phi) is 5.27. The van der Waals surface area contributed by atoms with Gasteiger partial charge in [-0.2, -0.15) is 0 Å². The van der Waals surface area contributed by atoms with Crippen LogP contribution in [0, 0.1) is 0 Å². The van der Waals surface area contributed by atoms with Crippen LogP contribution in [0.5, 0.6) is 0 Å². The number of hydrogen-bond acceptors (Lipinski definition) is 3. The van der Waals surface area contributed by atoms with E-state index < -0.39 is 7.60 Å². The maximum Gasteiger partial charge on any atom is 0.378 e. The second kappa shape index (κ2) is 5.39. The topological polar surface area (TPSA) is 35.5 Å². The van der Waals surface area contributed by atoms with Crippen molar-refractivity contribution in [1.29, 1.82) is 0 Å². The predicted molar refractivity (Wildman–Crippen MR) is 50.3 cm³/mol. The molecule has 72 valence electrons. The van der Waals surface area contributed by atoms with E-state index in [9.17, 15) is 4.57 Å². The summed E-state index contributed by atoms with van der Waals surface area (Å²) in [6.45, 7) is 7.61. The Bertz CT molecular complexity index is 198. The second-order valence-electron chi connectivity index (χ2n) is 2.34. The summed E-state index contributed by atoms with van der Waals surface area (Å²) in [6.07, 6.45) is 2.17. The zero-order valence-corrected chi connectivity index (χ0v) is 9.06. The van der Waals surface area contributed by atoms with E-state index in [1.54, 1.807) is 26.8 Å². The monoisotopic (exact) mass is 192 g/mol. The molecule has 0 aromatic heterocycles. The Morgan fingerprint density at radius 2 is 2.08 bits per heavy atom. The van der Waals surface area contributed by atoms with E-state index >= 15 is 0 Å². The number of rotatable bonds is 5. The normalized spacial score (nSPS) is 17.2. The Labute approximate surface area is 74.3 Å². The minimum atomic E-state index is -2.84. The van der Waals surface area contributed by atoms with E-state index in [1.807, 2.05) is 6.92 Å². The molecule has 0 heterocycles. The molecule has 0 aliphatic carbocycles. The third-order valence-electron chi connectivity index (χ3n) is 1.40. The van der Waals surface area contributed by atoms with Crippen LogP contribution in [0.15, 0.2) is 11.8 Å². The van der Waals surface area contributed by atoms with Crippen LogP contribution in [0.1, 0.15) is 27.7 Å². The molecule has 12 heavy (non-hydrogen) atoms. The highest BCUT2D eigenvalue weighted by Gasteiger charge is 2.21. The smallest absolute Gasteiger partial charge is 0.378 e. The molecule has 0 radical (unpaired) electrons. The van der Waals surface area contributed by atoms with E-state index in [0.29, 0.717) is 18.5 Å². The van der Waals surface area contributed by atoms with Crippen molar-refractivity contribution in [3.05, 3.63) is 11.8 Å². The van der Waals surface area contributed by atoms with Gasteiger partial charge in [0.1, 0.15) is 0 Å². The molecule has 0 aliphatic heterocycles. The first-order valence-corrected chi connectivity index (χ1v) is 5.86. The SMILES string of the molecule is CC=C(C)OP(=O)(CC)OCC. The van der Waals surface area contributed by atoms with Crippen molar-refractivity contribution >= 4 is 7.60 Å². The molecule has 0 saturated carbocycles. The van der Waals surface area contributed by atoms with Crippen molar-refractivity contribution < 1.29 is 13.6 Å². The molecule has 0 aromatic rings. The van der Waals surface area contributed by atoms with Crippen molar-refractivity contribution in [2.45, 2.75) is 27.7 Å². The van der Waals surface area contributed by atoms with Crippen molar-refractivity contribution in [2.75, 3.05) is 12.8 Å². The fourth-order valence-corrected chi connectivity index (χ4v) is 1.95. The zero-order valence-electron chi connectivity index (χ0n) is 8.16. The van der Waals surface area contributed by atoms with E-state index in [4.69, 9.17) is 9.05 Å². The van der Waals surface area contributed by atoms with Gasteiger partial charge in [0.25, 0.3) is 0 Å². The van der Waals surface area contributed by atoms with Crippen LogP contribution < -0.4 is 0 Å². The molecule has 0 spiro atoms.